The Balaban J connectivity index is 0.00000112. The van der Waals surface area contributed by atoms with Crippen LogP contribution in [0.4, 0.5) is 0 Å². The minimum absolute atomic E-state index is 0. The molecule has 0 heterocycles. The molecule has 0 bridgehead atoms. The van der Waals surface area contributed by atoms with Crippen molar-refractivity contribution in [3.05, 3.63) is 71.8 Å². The molecule has 2 atom stereocenters. The first-order valence-corrected chi connectivity index (χ1v) is 23.4. The summed E-state index contributed by atoms with van der Waals surface area (Å²) >= 11 is 0. The molecule has 59 heavy (non-hydrogen) atoms. The van der Waals surface area contributed by atoms with Crippen LogP contribution in [0, 0.1) is 0 Å². The molecule has 8 nitrogen and oxygen atoms in total. The Kier molecular flexibility index (Phi) is 43.9. The van der Waals surface area contributed by atoms with Crippen LogP contribution in [0.15, 0.2) is 60.7 Å². The van der Waals surface area contributed by atoms with Crippen molar-refractivity contribution < 1.29 is 39.5 Å². The number of ether oxygens (including phenoxy) is 2. The second-order valence-corrected chi connectivity index (χ2v) is 16.3. The average molecular weight is 949 g/mol. The van der Waals surface area contributed by atoms with Gasteiger partial charge in [0.1, 0.15) is 0 Å². The smallest absolute Gasteiger partial charge is 0.550 e. The van der Waals surface area contributed by atoms with E-state index >= 15 is 0 Å². The predicted molar refractivity (Wildman–Crippen MR) is 238 cm³/mol. The number of aliphatic hydroxyl groups is 2. The third-order valence-electron chi connectivity index (χ3n) is 10.7. The topological polar surface area (TPSA) is 139 Å². The molecule has 0 aliphatic carbocycles. The van der Waals surface area contributed by atoms with Crippen molar-refractivity contribution in [2.24, 2.45) is 0 Å². The summed E-state index contributed by atoms with van der Waals surface area (Å²) in [6.07, 6.45) is 32.4. The van der Waals surface area contributed by atoms with Crippen LogP contribution in [0.3, 0.4) is 0 Å². The standard InChI is InChI=1S/2C25H42O4.Ba/c2*26-24(22-29-21-23-17-13-12-14-18-23)19-15-10-8-6-4-2-1-3-5-7-9-11-16-20-25(27)28;/h2*12-14,17-18,24,26H,1-11,15-16,19-22H2,(H,27,28);/q;;+2/p-2. The van der Waals surface area contributed by atoms with Crippen molar-refractivity contribution >= 4 is 60.8 Å². The summed E-state index contributed by atoms with van der Waals surface area (Å²) in [5, 5.41) is 40.6. The van der Waals surface area contributed by atoms with Gasteiger partial charge in [-0.25, -0.2) is 0 Å². The third-order valence-corrected chi connectivity index (χ3v) is 10.7. The van der Waals surface area contributed by atoms with Crippen molar-refractivity contribution in [1.82, 2.24) is 0 Å². The molecule has 9 heteroatoms. The van der Waals surface area contributed by atoms with E-state index in [4.69, 9.17) is 9.47 Å². The van der Waals surface area contributed by atoms with Crippen molar-refractivity contribution in [3.63, 3.8) is 0 Å². The first kappa shape index (κ1) is 57.8. The Bertz CT molecular complexity index is 1080. The summed E-state index contributed by atoms with van der Waals surface area (Å²) in [5.74, 6) is -1.84. The number of carbonyl (C=O) groups is 2. The number of rotatable bonds is 40. The molecule has 2 aromatic rings. The first-order valence-electron chi connectivity index (χ1n) is 23.4. The maximum Gasteiger partial charge on any atom is 2.00 e. The SMILES string of the molecule is O=C([O-])CCCCCCCCCCCCCCCC(O)COCc1ccccc1.O=C([O-])CCCCCCCCCCCCCCCC(O)COCc1ccccc1.[Ba+2]. The minimum atomic E-state index is -0.922. The normalized spacial score (nSPS) is 12.0. The quantitative estimate of drug-likeness (QED) is 0.0498. The number of carbonyl (C=O) groups excluding carboxylic acids is 2. The molecule has 0 saturated heterocycles. The molecule has 0 amide bonds. The molecule has 0 spiro atoms. The van der Waals surface area contributed by atoms with Gasteiger partial charge in [0.2, 0.25) is 0 Å². The molecule has 2 aromatic carbocycles. The third kappa shape index (κ3) is 43.2. The predicted octanol–water partition coefficient (Wildman–Crippen LogP) is 9.95. The maximum atomic E-state index is 10.3. The van der Waals surface area contributed by atoms with Crippen molar-refractivity contribution in [2.45, 2.75) is 218 Å². The molecule has 0 aliphatic rings. The van der Waals surface area contributed by atoms with Gasteiger partial charge in [0.25, 0.3) is 0 Å². The van der Waals surface area contributed by atoms with Gasteiger partial charge >= 0.3 is 48.9 Å². The van der Waals surface area contributed by atoms with Gasteiger partial charge in [0.15, 0.2) is 0 Å². The molecule has 0 aliphatic heterocycles. The molecule has 0 radical (unpaired) electrons. The molecule has 2 rings (SSSR count). The maximum absolute atomic E-state index is 10.3. The molecule has 2 unspecified atom stereocenters. The van der Waals surface area contributed by atoms with Gasteiger partial charge in [0.05, 0.1) is 38.6 Å². The number of carboxylic acids is 2. The second kappa shape index (κ2) is 44.8. The van der Waals surface area contributed by atoms with Crippen molar-refractivity contribution in [2.75, 3.05) is 13.2 Å². The van der Waals surface area contributed by atoms with Crippen LogP contribution in [0.25, 0.3) is 0 Å². The minimum Gasteiger partial charge on any atom is -0.550 e. The van der Waals surface area contributed by atoms with Gasteiger partial charge in [-0.2, -0.15) is 0 Å². The first-order chi connectivity index (χ1) is 28.4. The number of hydrogen-bond donors (Lipinski definition) is 2. The van der Waals surface area contributed by atoms with E-state index in [0.29, 0.717) is 26.4 Å². The van der Waals surface area contributed by atoms with E-state index in [0.717, 1.165) is 75.3 Å². The van der Waals surface area contributed by atoms with Crippen LogP contribution in [0.2, 0.25) is 0 Å². The van der Waals surface area contributed by atoms with E-state index in [-0.39, 0.29) is 73.9 Å². The van der Waals surface area contributed by atoms with Gasteiger partial charge in [-0.05, 0) is 49.7 Å². The van der Waals surface area contributed by atoms with E-state index < -0.39 is 11.9 Å². The molecular formula is C50H82BaO8. The Labute approximate surface area is 400 Å². The van der Waals surface area contributed by atoms with Crippen molar-refractivity contribution in [1.29, 1.82) is 0 Å². The number of hydrogen-bond acceptors (Lipinski definition) is 8. The summed E-state index contributed by atoms with van der Waals surface area (Å²) in [6.45, 7) is 1.98. The van der Waals surface area contributed by atoms with E-state index in [1.165, 1.54) is 116 Å². The average Bonchev–Trinajstić information content (AvgIpc) is 3.21. The second-order valence-electron chi connectivity index (χ2n) is 16.3. The van der Waals surface area contributed by atoms with Gasteiger partial charge in [-0.15, -0.1) is 0 Å². The van der Waals surface area contributed by atoms with Crippen LogP contribution in [0.1, 0.15) is 204 Å². The molecule has 0 fully saturated rings. The molecule has 0 aromatic heterocycles. The van der Waals surface area contributed by atoms with Gasteiger partial charge < -0.3 is 39.5 Å². The van der Waals surface area contributed by atoms with E-state index in [9.17, 15) is 30.0 Å². The Hall–Kier alpha value is -1.21. The van der Waals surface area contributed by atoms with E-state index in [2.05, 4.69) is 0 Å². The largest absolute Gasteiger partial charge is 2.00 e. The van der Waals surface area contributed by atoms with E-state index in [1.54, 1.807) is 0 Å². The van der Waals surface area contributed by atoms with Gasteiger partial charge in [-0.3, -0.25) is 0 Å². The number of aliphatic hydroxyl groups excluding tert-OH is 2. The number of unbranched alkanes of at least 4 members (excludes halogenated alkanes) is 24. The fourth-order valence-electron chi connectivity index (χ4n) is 7.13. The molecule has 2 N–H and O–H groups in total. The number of aliphatic carboxylic acids is 2. The zero-order valence-electron chi connectivity index (χ0n) is 37.0. The number of benzene rings is 2. The summed E-state index contributed by atoms with van der Waals surface area (Å²) in [7, 11) is 0. The molecule has 0 saturated carbocycles. The van der Waals surface area contributed by atoms with Crippen LogP contribution in [-0.2, 0) is 32.3 Å². The summed E-state index contributed by atoms with van der Waals surface area (Å²) in [6, 6.07) is 20.1. The fraction of sp³-hybridized carbons (Fsp3) is 0.720. The summed E-state index contributed by atoms with van der Waals surface area (Å²) in [5.41, 5.74) is 2.29. The monoisotopic (exact) mass is 949 g/mol. The summed E-state index contributed by atoms with van der Waals surface area (Å²) < 4.78 is 11.2. The van der Waals surface area contributed by atoms with E-state index in [1.807, 2.05) is 60.7 Å². The Morgan fingerprint density at radius 1 is 0.407 bits per heavy atom. The van der Waals surface area contributed by atoms with Crippen LogP contribution < -0.4 is 10.2 Å². The zero-order valence-corrected chi connectivity index (χ0v) is 41.5. The van der Waals surface area contributed by atoms with Gasteiger partial charge in [-0.1, -0.05) is 215 Å². The van der Waals surface area contributed by atoms with Crippen molar-refractivity contribution in [3.8, 4) is 0 Å². The zero-order chi connectivity index (χ0) is 42.0. The van der Waals surface area contributed by atoms with Crippen LogP contribution in [0.5, 0.6) is 0 Å². The van der Waals surface area contributed by atoms with Crippen LogP contribution >= 0.6 is 0 Å². The van der Waals surface area contributed by atoms with Gasteiger partial charge in [0, 0.05) is 11.9 Å². The van der Waals surface area contributed by atoms with Crippen LogP contribution in [-0.4, -0.2) is 96.5 Å². The Morgan fingerprint density at radius 2 is 0.644 bits per heavy atom. The Morgan fingerprint density at radius 3 is 0.898 bits per heavy atom. The number of carboxylic acid groups (broad SMARTS) is 2. The molecular weight excluding hydrogens is 866 g/mol. The molecule has 332 valence electrons. The fourth-order valence-corrected chi connectivity index (χ4v) is 7.13. The summed E-state index contributed by atoms with van der Waals surface area (Å²) in [4.78, 5) is 20.6.